The van der Waals surface area contributed by atoms with E-state index < -0.39 is 6.04 Å². The summed E-state index contributed by atoms with van der Waals surface area (Å²) in [4.78, 5) is 37.1. The highest BCUT2D eigenvalue weighted by atomic mass is 19.1. The van der Waals surface area contributed by atoms with Crippen molar-refractivity contribution in [3.63, 3.8) is 0 Å². The first-order valence-electron chi connectivity index (χ1n) is 13.0. The number of hydrazine groups is 2. The molecule has 1 atom stereocenters. The summed E-state index contributed by atoms with van der Waals surface area (Å²) in [6.45, 7) is 5.67. The van der Waals surface area contributed by atoms with Gasteiger partial charge in [0.05, 0.1) is 6.54 Å². The fraction of sp³-hybridized carbons (Fsp3) is 0.407. The van der Waals surface area contributed by atoms with Crippen molar-refractivity contribution in [3.05, 3.63) is 60.2 Å². The van der Waals surface area contributed by atoms with Crippen LogP contribution in [0, 0.1) is 5.82 Å². The van der Waals surface area contributed by atoms with Crippen LogP contribution in [0.25, 0.3) is 6.08 Å². The van der Waals surface area contributed by atoms with Gasteiger partial charge >= 0.3 is 0 Å². The molecule has 2 rings (SSSR count). The number of carbonyl (C=O) groups excluding carboxylic acids is 2. The number of hydrogen-bond acceptors (Lipinski definition) is 10. The molecule has 0 aliphatic rings. The van der Waals surface area contributed by atoms with Crippen molar-refractivity contribution in [1.82, 2.24) is 35.6 Å². The molecule has 13 heteroatoms. The first-order chi connectivity index (χ1) is 19.1. The molecular formula is C27H41FN10O2. The second-order valence-electron chi connectivity index (χ2n) is 9.28. The molecule has 1 aromatic heterocycles. The van der Waals surface area contributed by atoms with Gasteiger partial charge in [-0.05, 0) is 51.7 Å². The second-order valence-corrected chi connectivity index (χ2v) is 9.28. The van der Waals surface area contributed by atoms with Crippen molar-refractivity contribution in [2.45, 2.75) is 26.3 Å². The van der Waals surface area contributed by atoms with Gasteiger partial charge in [-0.1, -0.05) is 19.1 Å². The standard InChI is InChI=1S/C27H41FN10O2/c1-6-13-30-25-21(19-32-27(34-25)33-23-10-7-9-22(28)18-23)12-16-38(35-29)17-14-31-26(40)20(2)37(5)24(39)11-8-15-36(3)4/h7-12,16,18-20,35H,6,13-15,17,29H2,1-5H3,(H,31,40)(H2,30,32,33,34)/b11-8+,16-12+/t20-/m0/s1. The predicted molar refractivity (Wildman–Crippen MR) is 156 cm³/mol. The fourth-order valence-electron chi connectivity index (χ4n) is 3.30. The van der Waals surface area contributed by atoms with Crippen LogP contribution in [0.1, 0.15) is 25.8 Å². The Morgan fingerprint density at radius 3 is 2.65 bits per heavy atom. The molecule has 0 radical (unpaired) electrons. The minimum absolute atomic E-state index is 0.246. The number of halogens is 1. The summed E-state index contributed by atoms with van der Waals surface area (Å²) >= 11 is 0. The van der Waals surface area contributed by atoms with Crippen molar-refractivity contribution in [2.75, 3.05) is 58.0 Å². The number of aromatic nitrogens is 2. The molecule has 1 heterocycles. The average molecular weight is 557 g/mol. The van der Waals surface area contributed by atoms with Crippen LogP contribution in [0.4, 0.5) is 21.8 Å². The lowest BCUT2D eigenvalue weighted by molar-refractivity contribution is -0.135. The van der Waals surface area contributed by atoms with Gasteiger partial charge in [-0.25, -0.2) is 9.37 Å². The van der Waals surface area contributed by atoms with Crippen LogP contribution >= 0.6 is 0 Å². The summed E-state index contributed by atoms with van der Waals surface area (Å²) in [5.74, 6) is 5.70. The third kappa shape index (κ3) is 11.0. The van der Waals surface area contributed by atoms with Gasteiger partial charge in [0.2, 0.25) is 17.8 Å². The molecule has 1 aromatic carbocycles. The minimum atomic E-state index is -0.643. The maximum Gasteiger partial charge on any atom is 0.246 e. The summed E-state index contributed by atoms with van der Waals surface area (Å²) in [6.07, 6.45) is 9.23. The zero-order valence-electron chi connectivity index (χ0n) is 23.8. The van der Waals surface area contributed by atoms with Gasteiger partial charge in [-0.2, -0.15) is 10.5 Å². The van der Waals surface area contributed by atoms with Crippen LogP contribution in [0.5, 0.6) is 0 Å². The van der Waals surface area contributed by atoms with Crippen molar-refractivity contribution < 1.29 is 14.0 Å². The molecule has 218 valence electrons. The largest absolute Gasteiger partial charge is 0.369 e. The van der Waals surface area contributed by atoms with Gasteiger partial charge in [-0.15, -0.1) is 0 Å². The van der Waals surface area contributed by atoms with Crippen LogP contribution < -0.4 is 27.3 Å². The van der Waals surface area contributed by atoms with Gasteiger partial charge in [0.1, 0.15) is 17.7 Å². The van der Waals surface area contributed by atoms with E-state index in [4.69, 9.17) is 5.84 Å². The lowest BCUT2D eigenvalue weighted by Gasteiger charge is -2.24. The zero-order chi connectivity index (χ0) is 29.5. The van der Waals surface area contributed by atoms with Gasteiger partial charge in [-0.3, -0.25) is 15.4 Å². The Morgan fingerprint density at radius 1 is 1.20 bits per heavy atom. The summed E-state index contributed by atoms with van der Waals surface area (Å²) in [6, 6.07) is 5.41. The van der Waals surface area contributed by atoms with Crippen LogP contribution in [-0.4, -0.2) is 90.0 Å². The molecule has 6 N–H and O–H groups in total. The number of likely N-dealkylation sites (N-methyl/N-ethyl adjacent to an activating group) is 2. The number of hydrogen-bond donors (Lipinski definition) is 5. The number of anilines is 3. The maximum atomic E-state index is 13.5. The van der Waals surface area contributed by atoms with E-state index in [0.29, 0.717) is 42.7 Å². The van der Waals surface area contributed by atoms with Crippen molar-refractivity contribution in [2.24, 2.45) is 5.84 Å². The van der Waals surface area contributed by atoms with Crippen molar-refractivity contribution >= 4 is 35.3 Å². The number of amides is 2. The smallest absolute Gasteiger partial charge is 0.246 e. The summed E-state index contributed by atoms with van der Waals surface area (Å²) in [5, 5.41) is 10.7. The highest BCUT2D eigenvalue weighted by Crippen LogP contribution is 2.19. The van der Waals surface area contributed by atoms with E-state index in [1.54, 1.807) is 55.7 Å². The third-order valence-corrected chi connectivity index (χ3v) is 5.73. The van der Waals surface area contributed by atoms with Crippen LogP contribution in [0.2, 0.25) is 0 Å². The second kappa shape index (κ2) is 16.8. The molecule has 40 heavy (non-hydrogen) atoms. The highest BCUT2D eigenvalue weighted by Gasteiger charge is 2.20. The van der Waals surface area contributed by atoms with E-state index in [1.807, 2.05) is 25.9 Å². The maximum absolute atomic E-state index is 13.5. The third-order valence-electron chi connectivity index (χ3n) is 5.73. The van der Waals surface area contributed by atoms with Crippen molar-refractivity contribution in [1.29, 1.82) is 0 Å². The molecular weight excluding hydrogens is 515 g/mol. The number of benzene rings is 1. The Bertz CT molecular complexity index is 1160. The molecule has 0 spiro atoms. The van der Waals surface area contributed by atoms with E-state index in [0.717, 1.165) is 6.42 Å². The highest BCUT2D eigenvalue weighted by molar-refractivity contribution is 5.92. The lowest BCUT2D eigenvalue weighted by atomic mass is 10.2. The van der Waals surface area contributed by atoms with Crippen molar-refractivity contribution in [3.8, 4) is 0 Å². The SMILES string of the molecule is CCCNc1nc(Nc2cccc(F)c2)ncc1/C=C/N(CCNC(=O)[C@H](C)N(C)C(=O)/C=C/CN(C)C)NN. The topological polar surface area (TPSA) is 144 Å². The minimum Gasteiger partial charge on any atom is -0.369 e. The van der Waals surface area contributed by atoms with Crippen LogP contribution in [-0.2, 0) is 9.59 Å². The number of carbonyl (C=O) groups is 2. The monoisotopic (exact) mass is 556 g/mol. The molecule has 0 saturated heterocycles. The van der Waals surface area contributed by atoms with E-state index >= 15 is 0 Å². The van der Waals surface area contributed by atoms with Gasteiger partial charge < -0.3 is 30.8 Å². The number of rotatable bonds is 16. The van der Waals surface area contributed by atoms with Crippen LogP contribution in [0.15, 0.2) is 48.8 Å². The summed E-state index contributed by atoms with van der Waals surface area (Å²) in [7, 11) is 5.40. The molecule has 0 saturated carbocycles. The Kier molecular flexibility index (Phi) is 13.5. The summed E-state index contributed by atoms with van der Waals surface area (Å²) < 4.78 is 13.5. The fourth-order valence-corrected chi connectivity index (χ4v) is 3.30. The lowest BCUT2D eigenvalue weighted by Crippen LogP contribution is -2.48. The first-order valence-corrected chi connectivity index (χ1v) is 13.0. The van der Waals surface area contributed by atoms with E-state index in [1.165, 1.54) is 23.1 Å². The normalized spacial score (nSPS) is 12.1. The Hall–Kier alpha value is -4.07. The Labute approximate surface area is 235 Å². The quantitative estimate of drug-likeness (QED) is 0.118. The molecule has 0 aliphatic carbocycles. The van der Waals surface area contributed by atoms with Gasteiger partial charge in [0, 0.05) is 56.4 Å². The molecule has 0 unspecified atom stereocenters. The van der Waals surface area contributed by atoms with Gasteiger partial charge in [0.15, 0.2) is 0 Å². The number of nitrogens with zero attached hydrogens (tertiary/aromatic N) is 5. The van der Waals surface area contributed by atoms with E-state index in [9.17, 15) is 14.0 Å². The summed E-state index contributed by atoms with van der Waals surface area (Å²) in [5.41, 5.74) is 3.81. The average Bonchev–Trinajstić information content (AvgIpc) is 2.93. The van der Waals surface area contributed by atoms with Crippen LogP contribution in [0.3, 0.4) is 0 Å². The number of nitrogens with two attached hydrogens (primary N) is 1. The predicted octanol–water partition coefficient (Wildman–Crippen LogP) is 1.91. The van der Waals surface area contributed by atoms with E-state index in [-0.39, 0.29) is 24.2 Å². The Morgan fingerprint density at radius 2 is 1.98 bits per heavy atom. The number of nitrogens with one attached hydrogen (secondary N) is 4. The Balaban J connectivity index is 1.97. The zero-order valence-corrected chi connectivity index (χ0v) is 23.8. The molecule has 2 amide bonds. The van der Waals surface area contributed by atoms with E-state index in [2.05, 4.69) is 31.5 Å². The molecule has 0 aliphatic heterocycles. The molecule has 0 fully saturated rings. The first kappa shape index (κ1) is 32.1. The van der Waals surface area contributed by atoms with Gasteiger partial charge in [0.25, 0.3) is 0 Å². The molecule has 0 bridgehead atoms. The molecule has 12 nitrogen and oxygen atoms in total. The molecule has 2 aromatic rings.